The van der Waals surface area contributed by atoms with E-state index < -0.39 is 0 Å². The molecule has 0 heterocycles. The lowest BCUT2D eigenvalue weighted by atomic mass is 10.1. The number of azo groups is 1. The fourth-order valence-corrected chi connectivity index (χ4v) is 2.11. The molecule has 0 rings (SSSR count). The van der Waals surface area contributed by atoms with E-state index in [9.17, 15) is 0 Å². The van der Waals surface area contributed by atoms with Crippen molar-refractivity contribution in [3.8, 4) is 0 Å². The van der Waals surface area contributed by atoms with Crippen LogP contribution in [-0.2, 0) is 0 Å². The predicted molar refractivity (Wildman–Crippen MR) is 86.1 cm³/mol. The van der Waals surface area contributed by atoms with Crippen LogP contribution >= 0.6 is 11.6 Å². The Labute approximate surface area is 125 Å². The van der Waals surface area contributed by atoms with Gasteiger partial charge in [-0.1, -0.05) is 76.3 Å². The highest BCUT2D eigenvalue weighted by Gasteiger charge is 2.08. The molecule has 0 aliphatic rings. The van der Waals surface area contributed by atoms with E-state index >= 15 is 0 Å². The third-order valence-electron chi connectivity index (χ3n) is 3.03. The lowest BCUT2D eigenvalue weighted by Crippen LogP contribution is -2.09. The summed E-state index contributed by atoms with van der Waals surface area (Å²) in [5.74, 6) is 0. The zero-order valence-electron chi connectivity index (χ0n) is 13.4. The van der Waals surface area contributed by atoms with Gasteiger partial charge in [-0.25, -0.2) is 0 Å². The van der Waals surface area contributed by atoms with Gasteiger partial charge in [-0.15, -0.1) is 0 Å². The number of rotatable bonds is 11. The number of halogens is 1. The van der Waals surface area contributed by atoms with E-state index in [-0.39, 0.29) is 11.0 Å². The summed E-state index contributed by atoms with van der Waals surface area (Å²) in [5.41, 5.74) is -0.241. The van der Waals surface area contributed by atoms with Crippen LogP contribution in [-0.4, -0.2) is 11.0 Å². The molecule has 0 saturated carbocycles. The Balaban J connectivity index is 3.32. The molecule has 0 fully saturated rings. The molecule has 0 aliphatic heterocycles. The zero-order chi connectivity index (χ0) is 14.6. The molecule has 0 radical (unpaired) electrons. The molecule has 19 heavy (non-hydrogen) atoms. The van der Waals surface area contributed by atoms with Gasteiger partial charge in [0.2, 0.25) is 0 Å². The van der Waals surface area contributed by atoms with Gasteiger partial charge in [0, 0.05) is 0 Å². The Morgan fingerprint density at radius 1 is 0.842 bits per heavy atom. The Morgan fingerprint density at radius 3 is 1.79 bits per heavy atom. The summed E-state index contributed by atoms with van der Waals surface area (Å²) in [6.45, 7) is 8.38. The van der Waals surface area contributed by atoms with E-state index in [0.717, 1.165) is 6.42 Å². The lowest BCUT2D eigenvalue weighted by Gasteiger charge is -2.10. The maximum absolute atomic E-state index is 6.12. The van der Waals surface area contributed by atoms with Crippen LogP contribution in [0.15, 0.2) is 10.2 Å². The van der Waals surface area contributed by atoms with Gasteiger partial charge in [-0.05, 0) is 27.2 Å². The highest BCUT2D eigenvalue weighted by molar-refractivity contribution is 6.20. The molecule has 0 N–H and O–H groups in total. The Bertz CT molecular complexity index is 221. The van der Waals surface area contributed by atoms with Gasteiger partial charge in [0.1, 0.15) is 5.50 Å². The van der Waals surface area contributed by atoms with Crippen LogP contribution in [0.3, 0.4) is 0 Å². The highest BCUT2D eigenvalue weighted by Crippen LogP contribution is 2.16. The van der Waals surface area contributed by atoms with Crippen LogP contribution in [0.1, 0.15) is 91.9 Å². The van der Waals surface area contributed by atoms with Crippen LogP contribution in [0.25, 0.3) is 0 Å². The fourth-order valence-electron chi connectivity index (χ4n) is 1.92. The first-order valence-corrected chi connectivity index (χ1v) is 8.45. The normalized spacial score (nSPS) is 14.2. The average Bonchev–Trinajstić information content (AvgIpc) is 2.33. The summed E-state index contributed by atoms with van der Waals surface area (Å²) in [6.07, 6.45) is 13.1. The Morgan fingerprint density at radius 2 is 1.32 bits per heavy atom. The molecular weight excluding hydrogens is 256 g/mol. The topological polar surface area (TPSA) is 24.7 Å². The molecular formula is C16H33ClN2. The fraction of sp³-hybridized carbons (Fsp3) is 1.00. The summed E-state index contributed by atoms with van der Waals surface area (Å²) in [7, 11) is 0. The number of nitrogens with zero attached hydrogens (tertiary/aromatic N) is 2. The van der Waals surface area contributed by atoms with Crippen molar-refractivity contribution in [1.82, 2.24) is 0 Å². The van der Waals surface area contributed by atoms with Crippen molar-refractivity contribution >= 4 is 11.6 Å². The molecule has 1 atom stereocenters. The SMILES string of the molecule is CCCCCCCCCCCC(Cl)N=NC(C)(C)C. The van der Waals surface area contributed by atoms with Gasteiger partial charge in [0.25, 0.3) is 0 Å². The number of unbranched alkanes of at least 4 members (excludes halogenated alkanes) is 8. The summed E-state index contributed by atoms with van der Waals surface area (Å²) in [4.78, 5) is 0. The molecule has 0 aliphatic carbocycles. The van der Waals surface area contributed by atoms with Crippen molar-refractivity contribution < 1.29 is 0 Å². The maximum atomic E-state index is 6.12. The first kappa shape index (κ1) is 18.9. The summed E-state index contributed by atoms with van der Waals surface area (Å²) < 4.78 is 0. The second-order valence-corrected chi connectivity index (χ2v) is 6.94. The number of alkyl halides is 1. The van der Waals surface area contributed by atoms with Gasteiger partial charge in [0.05, 0.1) is 5.54 Å². The molecule has 0 bridgehead atoms. The van der Waals surface area contributed by atoms with E-state index in [1.165, 1.54) is 57.8 Å². The second-order valence-electron chi connectivity index (χ2n) is 6.44. The zero-order valence-corrected chi connectivity index (χ0v) is 14.2. The highest BCUT2D eigenvalue weighted by atomic mass is 35.5. The predicted octanol–water partition coefficient (Wildman–Crippen LogP) is 6.72. The van der Waals surface area contributed by atoms with Gasteiger partial charge >= 0.3 is 0 Å². The van der Waals surface area contributed by atoms with Crippen molar-refractivity contribution in [3.63, 3.8) is 0 Å². The van der Waals surface area contributed by atoms with Crippen molar-refractivity contribution in [3.05, 3.63) is 0 Å². The number of hydrogen-bond donors (Lipinski definition) is 0. The molecule has 0 aromatic rings. The van der Waals surface area contributed by atoms with Gasteiger partial charge in [-0.3, -0.25) is 0 Å². The molecule has 0 amide bonds. The van der Waals surface area contributed by atoms with Crippen LogP contribution in [0.4, 0.5) is 0 Å². The summed E-state index contributed by atoms with van der Waals surface area (Å²) in [5, 5.41) is 8.36. The minimum Gasteiger partial charge on any atom is -0.187 e. The Kier molecular flexibility index (Phi) is 11.6. The van der Waals surface area contributed by atoms with Crippen molar-refractivity contribution in [2.75, 3.05) is 0 Å². The first-order chi connectivity index (χ1) is 8.95. The molecule has 2 nitrogen and oxygen atoms in total. The quantitative estimate of drug-likeness (QED) is 0.174. The third kappa shape index (κ3) is 15.8. The number of hydrogen-bond acceptors (Lipinski definition) is 2. The van der Waals surface area contributed by atoms with Gasteiger partial charge in [0.15, 0.2) is 0 Å². The summed E-state index contributed by atoms with van der Waals surface area (Å²) >= 11 is 6.12. The molecule has 1 unspecified atom stereocenters. The van der Waals surface area contributed by atoms with E-state index in [4.69, 9.17) is 11.6 Å². The third-order valence-corrected chi connectivity index (χ3v) is 3.33. The largest absolute Gasteiger partial charge is 0.187 e. The minimum absolute atomic E-state index is 0.106. The van der Waals surface area contributed by atoms with E-state index in [0.29, 0.717) is 0 Å². The monoisotopic (exact) mass is 288 g/mol. The smallest absolute Gasteiger partial charge is 0.144 e. The van der Waals surface area contributed by atoms with Crippen molar-refractivity contribution in [2.24, 2.45) is 10.2 Å². The Hall–Kier alpha value is -0.110. The maximum Gasteiger partial charge on any atom is 0.144 e. The standard InChI is InChI=1S/C16H33ClN2/c1-5-6-7-8-9-10-11-12-13-14-15(17)18-19-16(2,3)4/h15H,5-14H2,1-4H3. The van der Waals surface area contributed by atoms with Crippen LogP contribution in [0, 0.1) is 0 Å². The van der Waals surface area contributed by atoms with Crippen molar-refractivity contribution in [1.29, 1.82) is 0 Å². The molecule has 0 aromatic heterocycles. The molecule has 0 aromatic carbocycles. The van der Waals surface area contributed by atoms with Crippen LogP contribution in [0.5, 0.6) is 0 Å². The molecule has 114 valence electrons. The lowest BCUT2D eigenvalue weighted by molar-refractivity contribution is 0.514. The van der Waals surface area contributed by atoms with Crippen molar-refractivity contribution in [2.45, 2.75) is 103 Å². The molecule has 0 spiro atoms. The van der Waals surface area contributed by atoms with Gasteiger partial charge < -0.3 is 0 Å². The van der Waals surface area contributed by atoms with Crippen LogP contribution in [0.2, 0.25) is 0 Å². The summed E-state index contributed by atoms with van der Waals surface area (Å²) in [6, 6.07) is 0. The van der Waals surface area contributed by atoms with Gasteiger partial charge in [-0.2, -0.15) is 10.2 Å². The van der Waals surface area contributed by atoms with E-state index in [1.54, 1.807) is 0 Å². The van der Waals surface area contributed by atoms with Crippen LogP contribution < -0.4 is 0 Å². The molecule has 0 saturated heterocycles. The molecule has 3 heteroatoms. The van der Waals surface area contributed by atoms with E-state index in [2.05, 4.69) is 17.2 Å². The minimum atomic E-state index is -0.135. The average molecular weight is 289 g/mol. The van der Waals surface area contributed by atoms with E-state index in [1.807, 2.05) is 20.8 Å². The first-order valence-electron chi connectivity index (χ1n) is 8.02. The second kappa shape index (κ2) is 11.7.